The van der Waals surface area contributed by atoms with E-state index in [1.54, 1.807) is 11.3 Å². The second kappa shape index (κ2) is 8.35. The standard InChI is InChI=1S/C20H31NO3S/c1-6-24-19(23)17-14-9-7-8-10-15(14)25-18(17)21-16(22)11-13(2)12-20(3,4)5/h13H,6-12H2,1-5H3,(H,21,22)/t13-/m1/s1. The van der Waals surface area contributed by atoms with E-state index in [1.165, 1.54) is 4.88 Å². The molecule has 25 heavy (non-hydrogen) atoms. The number of rotatable bonds is 6. The number of thiophene rings is 1. The molecular formula is C20H31NO3S. The zero-order valence-corrected chi connectivity index (χ0v) is 17.0. The summed E-state index contributed by atoms with van der Waals surface area (Å²) in [4.78, 5) is 26.1. The van der Waals surface area contributed by atoms with E-state index in [9.17, 15) is 9.59 Å². The van der Waals surface area contributed by atoms with Crippen LogP contribution in [0.4, 0.5) is 5.00 Å². The maximum atomic E-state index is 12.5. The SMILES string of the molecule is CCOC(=O)c1c(NC(=O)C[C@@H](C)CC(C)(C)C)sc2c1CCCC2. The fourth-order valence-corrected chi connectivity index (χ4v) is 4.98. The fraction of sp³-hybridized carbons (Fsp3) is 0.700. The van der Waals surface area contributed by atoms with Crippen molar-refractivity contribution in [1.29, 1.82) is 0 Å². The molecule has 0 fully saturated rings. The Balaban J connectivity index is 2.14. The van der Waals surface area contributed by atoms with E-state index in [2.05, 4.69) is 33.0 Å². The summed E-state index contributed by atoms with van der Waals surface area (Å²) in [6.07, 6.45) is 5.59. The molecule has 1 amide bonds. The Labute approximate surface area is 155 Å². The monoisotopic (exact) mass is 365 g/mol. The predicted octanol–water partition coefficient (Wildman–Crippen LogP) is 5.20. The van der Waals surface area contributed by atoms with Crippen molar-refractivity contribution in [2.45, 2.75) is 73.1 Å². The molecule has 0 saturated carbocycles. The third-order valence-electron chi connectivity index (χ3n) is 4.40. The molecule has 2 rings (SSSR count). The van der Waals surface area contributed by atoms with Gasteiger partial charge in [-0.15, -0.1) is 11.3 Å². The first-order valence-corrected chi connectivity index (χ1v) is 10.1. The first-order valence-electron chi connectivity index (χ1n) is 9.32. The van der Waals surface area contributed by atoms with Crippen molar-refractivity contribution in [3.63, 3.8) is 0 Å². The van der Waals surface area contributed by atoms with Crippen LogP contribution in [0.25, 0.3) is 0 Å². The number of anilines is 1. The molecule has 1 aromatic heterocycles. The summed E-state index contributed by atoms with van der Waals surface area (Å²) in [5.41, 5.74) is 1.89. The van der Waals surface area contributed by atoms with Gasteiger partial charge in [-0.25, -0.2) is 4.79 Å². The Morgan fingerprint density at radius 2 is 1.92 bits per heavy atom. The molecule has 0 spiro atoms. The minimum Gasteiger partial charge on any atom is -0.462 e. The number of esters is 1. The van der Waals surface area contributed by atoms with E-state index in [-0.39, 0.29) is 17.3 Å². The molecule has 0 bridgehead atoms. The Hall–Kier alpha value is -1.36. The average Bonchev–Trinajstić information content (AvgIpc) is 2.82. The highest BCUT2D eigenvalue weighted by Gasteiger charge is 2.27. The molecule has 140 valence electrons. The third kappa shape index (κ3) is 5.56. The molecule has 0 aromatic carbocycles. The van der Waals surface area contributed by atoms with Crippen molar-refractivity contribution in [1.82, 2.24) is 0 Å². The number of carbonyl (C=O) groups excluding carboxylic acids is 2. The second-order valence-corrected chi connectivity index (χ2v) is 9.36. The lowest BCUT2D eigenvalue weighted by molar-refractivity contribution is -0.117. The van der Waals surface area contributed by atoms with Gasteiger partial charge in [0.15, 0.2) is 0 Å². The third-order valence-corrected chi connectivity index (χ3v) is 5.61. The largest absolute Gasteiger partial charge is 0.462 e. The second-order valence-electron chi connectivity index (χ2n) is 8.26. The minimum atomic E-state index is -0.306. The lowest BCUT2D eigenvalue weighted by Gasteiger charge is -2.22. The molecule has 1 atom stereocenters. The van der Waals surface area contributed by atoms with Crippen molar-refractivity contribution in [2.24, 2.45) is 11.3 Å². The van der Waals surface area contributed by atoms with Gasteiger partial charge in [0.1, 0.15) is 5.00 Å². The molecular weight excluding hydrogens is 334 g/mol. The Morgan fingerprint density at radius 1 is 1.24 bits per heavy atom. The van der Waals surface area contributed by atoms with Gasteiger partial charge >= 0.3 is 5.97 Å². The molecule has 1 aromatic rings. The summed E-state index contributed by atoms with van der Waals surface area (Å²) >= 11 is 1.55. The maximum Gasteiger partial charge on any atom is 0.341 e. The molecule has 1 aliphatic rings. The molecule has 5 heteroatoms. The van der Waals surface area contributed by atoms with E-state index in [4.69, 9.17) is 4.74 Å². The number of aryl methyl sites for hydroxylation is 1. The summed E-state index contributed by atoms with van der Waals surface area (Å²) in [6, 6.07) is 0. The minimum absolute atomic E-state index is 0.0131. The Bertz CT molecular complexity index is 628. The van der Waals surface area contributed by atoms with Crippen LogP contribution in [0.15, 0.2) is 0 Å². The normalized spacial score (nSPS) is 15.4. The van der Waals surface area contributed by atoms with Crippen LogP contribution >= 0.6 is 11.3 Å². The summed E-state index contributed by atoms with van der Waals surface area (Å²) < 4.78 is 5.24. The Morgan fingerprint density at radius 3 is 2.56 bits per heavy atom. The Kier molecular flexibility index (Phi) is 6.66. The molecule has 1 aliphatic carbocycles. The van der Waals surface area contributed by atoms with E-state index in [1.807, 2.05) is 6.92 Å². The van der Waals surface area contributed by atoms with Crippen molar-refractivity contribution in [2.75, 3.05) is 11.9 Å². The molecule has 4 nitrogen and oxygen atoms in total. The summed E-state index contributed by atoms with van der Waals surface area (Å²) in [5.74, 6) is -0.0125. The van der Waals surface area contributed by atoms with Gasteiger partial charge in [0.05, 0.1) is 12.2 Å². The van der Waals surface area contributed by atoms with Crippen LogP contribution in [0.1, 0.15) is 81.1 Å². The van der Waals surface area contributed by atoms with E-state index in [0.29, 0.717) is 29.5 Å². The van der Waals surface area contributed by atoms with Gasteiger partial charge in [0.25, 0.3) is 0 Å². The fourth-order valence-electron chi connectivity index (χ4n) is 3.68. The number of hydrogen-bond donors (Lipinski definition) is 1. The highest BCUT2D eigenvalue weighted by molar-refractivity contribution is 7.17. The first kappa shape index (κ1) is 20.0. The van der Waals surface area contributed by atoms with Gasteiger partial charge in [-0.05, 0) is 55.9 Å². The molecule has 0 unspecified atom stereocenters. The zero-order chi connectivity index (χ0) is 18.6. The van der Waals surface area contributed by atoms with Gasteiger partial charge in [0, 0.05) is 11.3 Å². The maximum absolute atomic E-state index is 12.5. The number of hydrogen-bond acceptors (Lipinski definition) is 4. The summed E-state index contributed by atoms with van der Waals surface area (Å²) in [6.45, 7) is 10.8. The average molecular weight is 366 g/mol. The van der Waals surface area contributed by atoms with Gasteiger partial charge in [0.2, 0.25) is 5.91 Å². The quantitative estimate of drug-likeness (QED) is 0.705. The van der Waals surface area contributed by atoms with Gasteiger partial charge in [-0.3, -0.25) is 4.79 Å². The van der Waals surface area contributed by atoms with E-state index >= 15 is 0 Å². The van der Waals surface area contributed by atoms with Crippen LogP contribution in [0.2, 0.25) is 0 Å². The van der Waals surface area contributed by atoms with Crippen LogP contribution in [0.5, 0.6) is 0 Å². The smallest absolute Gasteiger partial charge is 0.341 e. The number of carbonyl (C=O) groups is 2. The van der Waals surface area contributed by atoms with Gasteiger partial charge < -0.3 is 10.1 Å². The molecule has 1 N–H and O–H groups in total. The molecule has 0 radical (unpaired) electrons. The van der Waals surface area contributed by atoms with Crippen LogP contribution in [0, 0.1) is 11.3 Å². The van der Waals surface area contributed by atoms with Crippen molar-refractivity contribution >= 4 is 28.2 Å². The lowest BCUT2D eigenvalue weighted by atomic mass is 9.84. The van der Waals surface area contributed by atoms with Crippen molar-refractivity contribution < 1.29 is 14.3 Å². The predicted molar refractivity (Wildman–Crippen MR) is 103 cm³/mol. The number of ether oxygens (including phenoxy) is 1. The van der Waals surface area contributed by atoms with Crippen LogP contribution < -0.4 is 5.32 Å². The molecule has 0 aliphatic heterocycles. The van der Waals surface area contributed by atoms with Crippen molar-refractivity contribution in [3.8, 4) is 0 Å². The van der Waals surface area contributed by atoms with Gasteiger partial charge in [-0.1, -0.05) is 27.7 Å². The van der Waals surface area contributed by atoms with E-state index in [0.717, 1.165) is 37.7 Å². The zero-order valence-electron chi connectivity index (χ0n) is 16.2. The van der Waals surface area contributed by atoms with Crippen LogP contribution in [-0.2, 0) is 22.4 Å². The van der Waals surface area contributed by atoms with Crippen molar-refractivity contribution in [3.05, 3.63) is 16.0 Å². The van der Waals surface area contributed by atoms with Gasteiger partial charge in [-0.2, -0.15) is 0 Å². The van der Waals surface area contributed by atoms with E-state index < -0.39 is 0 Å². The lowest BCUT2D eigenvalue weighted by Crippen LogP contribution is -2.20. The summed E-state index contributed by atoms with van der Waals surface area (Å²) in [5, 5.41) is 3.68. The summed E-state index contributed by atoms with van der Waals surface area (Å²) in [7, 11) is 0. The molecule has 0 saturated heterocycles. The number of amides is 1. The molecule has 1 heterocycles. The number of fused-ring (bicyclic) bond motifs is 1. The highest BCUT2D eigenvalue weighted by Crippen LogP contribution is 2.39. The topological polar surface area (TPSA) is 55.4 Å². The first-order chi connectivity index (χ1) is 11.7. The number of nitrogens with one attached hydrogen (secondary N) is 1. The van der Waals surface area contributed by atoms with Crippen LogP contribution in [-0.4, -0.2) is 18.5 Å². The highest BCUT2D eigenvalue weighted by atomic mass is 32.1. The van der Waals surface area contributed by atoms with Crippen LogP contribution in [0.3, 0.4) is 0 Å².